The number of amides is 1. The van der Waals surface area contributed by atoms with E-state index < -0.39 is 11.9 Å². The highest BCUT2D eigenvalue weighted by molar-refractivity contribution is 6.01. The van der Waals surface area contributed by atoms with Gasteiger partial charge in [-0.3, -0.25) is 4.79 Å². The summed E-state index contributed by atoms with van der Waals surface area (Å²) in [5.74, 6) is 0.231. The molecule has 1 amide bonds. The van der Waals surface area contributed by atoms with Gasteiger partial charge in [0.15, 0.2) is 0 Å². The number of unbranched alkanes of at least 4 members (excludes halogenated alkanes) is 1. The Kier molecular flexibility index (Phi) is 9.57. The van der Waals surface area contributed by atoms with Gasteiger partial charge in [-0.2, -0.15) is 5.26 Å². The summed E-state index contributed by atoms with van der Waals surface area (Å²) in [4.78, 5) is 24.1. The van der Waals surface area contributed by atoms with Gasteiger partial charge in [0, 0.05) is 12.6 Å². The van der Waals surface area contributed by atoms with Gasteiger partial charge in [0.25, 0.3) is 5.91 Å². The number of benzene rings is 2. The second kappa shape index (κ2) is 12.7. The Morgan fingerprint density at radius 3 is 2.26 bits per heavy atom. The van der Waals surface area contributed by atoms with Crippen molar-refractivity contribution in [2.75, 3.05) is 13.2 Å². The SMILES string of the molecule is CCCCNC(=O)/C(C#N)=C/c1ccc(OC(=O)/C=C/c2ccc(OCC)cc2)cc1. The zero-order valence-electron chi connectivity index (χ0n) is 17.8. The van der Waals surface area contributed by atoms with Crippen LogP contribution in [0.4, 0.5) is 0 Å². The highest BCUT2D eigenvalue weighted by atomic mass is 16.5. The van der Waals surface area contributed by atoms with Crippen LogP contribution in [0.5, 0.6) is 11.5 Å². The predicted octanol–water partition coefficient (Wildman–Crippen LogP) is 4.53. The van der Waals surface area contributed by atoms with Gasteiger partial charge in [0.05, 0.1) is 6.61 Å². The number of nitrogens with one attached hydrogen (secondary N) is 1. The van der Waals surface area contributed by atoms with Crippen molar-refractivity contribution >= 4 is 24.0 Å². The van der Waals surface area contributed by atoms with Gasteiger partial charge in [-0.1, -0.05) is 37.6 Å². The molecule has 0 bridgehead atoms. The van der Waals surface area contributed by atoms with Crippen LogP contribution in [0.3, 0.4) is 0 Å². The fourth-order valence-corrected chi connectivity index (χ4v) is 2.58. The summed E-state index contributed by atoms with van der Waals surface area (Å²) in [5, 5.41) is 11.9. The Morgan fingerprint density at radius 2 is 1.65 bits per heavy atom. The third-order valence-electron chi connectivity index (χ3n) is 4.19. The van der Waals surface area contributed by atoms with E-state index in [0.29, 0.717) is 24.5 Å². The molecule has 0 unspecified atom stereocenters. The topological polar surface area (TPSA) is 88.4 Å². The van der Waals surface area contributed by atoms with Crippen LogP contribution in [0.25, 0.3) is 12.2 Å². The molecule has 0 saturated carbocycles. The highest BCUT2D eigenvalue weighted by Crippen LogP contribution is 2.16. The van der Waals surface area contributed by atoms with Gasteiger partial charge in [-0.25, -0.2) is 4.79 Å². The third-order valence-corrected chi connectivity index (χ3v) is 4.19. The lowest BCUT2D eigenvalue weighted by Gasteiger charge is -2.04. The molecule has 160 valence electrons. The minimum atomic E-state index is -0.509. The lowest BCUT2D eigenvalue weighted by molar-refractivity contribution is -0.128. The van der Waals surface area contributed by atoms with E-state index in [1.165, 1.54) is 12.2 Å². The Balaban J connectivity index is 1.94. The largest absolute Gasteiger partial charge is 0.494 e. The number of rotatable bonds is 10. The summed E-state index contributed by atoms with van der Waals surface area (Å²) in [7, 11) is 0. The molecule has 0 heterocycles. The number of hydrogen-bond acceptors (Lipinski definition) is 5. The normalized spacial score (nSPS) is 11.1. The third kappa shape index (κ3) is 8.19. The Hall–Kier alpha value is -3.85. The molecule has 0 aliphatic rings. The minimum Gasteiger partial charge on any atom is -0.494 e. The second-order valence-corrected chi connectivity index (χ2v) is 6.60. The van der Waals surface area contributed by atoms with E-state index in [-0.39, 0.29) is 5.57 Å². The number of esters is 1. The number of nitriles is 1. The lowest BCUT2D eigenvalue weighted by Crippen LogP contribution is -2.25. The number of ether oxygens (including phenoxy) is 2. The average molecular weight is 418 g/mol. The molecule has 2 aromatic carbocycles. The first-order valence-electron chi connectivity index (χ1n) is 10.2. The molecular weight excluding hydrogens is 392 g/mol. The molecule has 6 heteroatoms. The van der Waals surface area contributed by atoms with Crippen molar-refractivity contribution in [1.82, 2.24) is 5.32 Å². The molecule has 1 N–H and O–H groups in total. The van der Waals surface area contributed by atoms with Gasteiger partial charge in [0.2, 0.25) is 0 Å². The molecule has 6 nitrogen and oxygen atoms in total. The van der Waals surface area contributed by atoms with Crippen molar-refractivity contribution < 1.29 is 19.1 Å². The molecule has 2 rings (SSSR count). The molecule has 0 saturated heterocycles. The fraction of sp³-hybridized carbons (Fsp3) is 0.240. The number of carbonyl (C=O) groups is 2. The summed E-state index contributed by atoms with van der Waals surface area (Å²) < 4.78 is 10.7. The van der Waals surface area contributed by atoms with Crippen LogP contribution in [0, 0.1) is 11.3 Å². The van der Waals surface area contributed by atoms with Gasteiger partial charge >= 0.3 is 5.97 Å². The first-order chi connectivity index (χ1) is 15.0. The van der Waals surface area contributed by atoms with Gasteiger partial charge in [-0.05, 0) is 60.9 Å². The van der Waals surface area contributed by atoms with Crippen LogP contribution in [-0.2, 0) is 9.59 Å². The second-order valence-electron chi connectivity index (χ2n) is 6.60. The lowest BCUT2D eigenvalue weighted by atomic mass is 10.1. The fourth-order valence-electron chi connectivity index (χ4n) is 2.58. The van der Waals surface area contributed by atoms with Crippen LogP contribution >= 0.6 is 0 Å². The molecule has 0 aliphatic carbocycles. The highest BCUT2D eigenvalue weighted by Gasteiger charge is 2.08. The minimum absolute atomic E-state index is 0.0270. The maximum absolute atomic E-state index is 12.0. The van der Waals surface area contributed by atoms with Crippen LogP contribution in [-0.4, -0.2) is 25.0 Å². The van der Waals surface area contributed by atoms with Crippen LogP contribution in [0.2, 0.25) is 0 Å². The average Bonchev–Trinajstić information content (AvgIpc) is 2.78. The Morgan fingerprint density at radius 1 is 1.00 bits per heavy atom. The summed E-state index contributed by atoms with van der Waals surface area (Å²) >= 11 is 0. The van der Waals surface area contributed by atoms with E-state index in [9.17, 15) is 14.9 Å². The molecule has 31 heavy (non-hydrogen) atoms. The van der Waals surface area contributed by atoms with E-state index in [2.05, 4.69) is 5.32 Å². The van der Waals surface area contributed by atoms with E-state index in [1.807, 2.05) is 44.2 Å². The molecule has 0 radical (unpaired) electrons. The maximum atomic E-state index is 12.0. The summed E-state index contributed by atoms with van der Waals surface area (Å²) in [6.45, 7) is 5.07. The molecule has 0 atom stereocenters. The number of nitrogens with zero attached hydrogens (tertiary/aromatic N) is 1. The zero-order valence-corrected chi connectivity index (χ0v) is 17.8. The van der Waals surface area contributed by atoms with Crippen molar-refractivity contribution in [2.45, 2.75) is 26.7 Å². The summed E-state index contributed by atoms with van der Waals surface area (Å²) in [6, 6.07) is 15.8. The molecular formula is C25H26N2O4. The van der Waals surface area contributed by atoms with Gasteiger partial charge in [0.1, 0.15) is 23.1 Å². The van der Waals surface area contributed by atoms with Crippen molar-refractivity contribution in [3.63, 3.8) is 0 Å². The number of carbonyl (C=O) groups excluding carboxylic acids is 2. The standard InChI is InChI=1S/C25H26N2O4/c1-3-5-16-27-25(29)21(18-26)17-20-8-13-23(14-9-20)31-24(28)15-10-19-6-11-22(12-7-19)30-4-2/h6-15,17H,3-5,16H2,1-2H3,(H,27,29)/b15-10+,21-17+. The van der Waals surface area contributed by atoms with Crippen molar-refractivity contribution in [2.24, 2.45) is 0 Å². The van der Waals surface area contributed by atoms with E-state index in [4.69, 9.17) is 9.47 Å². The maximum Gasteiger partial charge on any atom is 0.336 e. The molecule has 2 aromatic rings. The zero-order chi connectivity index (χ0) is 22.5. The molecule has 0 spiro atoms. The van der Waals surface area contributed by atoms with Crippen LogP contribution < -0.4 is 14.8 Å². The molecule has 0 aliphatic heterocycles. The first kappa shape index (κ1) is 23.4. The Labute approximate surface area is 182 Å². The van der Waals surface area contributed by atoms with Crippen LogP contribution in [0.1, 0.15) is 37.8 Å². The Bertz CT molecular complexity index is 968. The molecule has 0 fully saturated rings. The monoisotopic (exact) mass is 418 g/mol. The molecule has 0 aromatic heterocycles. The van der Waals surface area contributed by atoms with Gasteiger partial charge < -0.3 is 14.8 Å². The quantitative estimate of drug-likeness (QED) is 0.201. The predicted molar refractivity (Wildman–Crippen MR) is 120 cm³/mol. The van der Waals surface area contributed by atoms with E-state index >= 15 is 0 Å². The van der Waals surface area contributed by atoms with E-state index in [1.54, 1.807) is 30.3 Å². The van der Waals surface area contributed by atoms with Crippen LogP contribution in [0.15, 0.2) is 60.2 Å². The van der Waals surface area contributed by atoms with Crippen molar-refractivity contribution in [3.8, 4) is 17.6 Å². The summed E-state index contributed by atoms with van der Waals surface area (Å²) in [6.07, 6.45) is 6.32. The van der Waals surface area contributed by atoms with Gasteiger partial charge in [-0.15, -0.1) is 0 Å². The summed E-state index contributed by atoms with van der Waals surface area (Å²) in [5.41, 5.74) is 1.54. The first-order valence-corrected chi connectivity index (χ1v) is 10.2. The van der Waals surface area contributed by atoms with Crippen molar-refractivity contribution in [3.05, 3.63) is 71.3 Å². The van der Waals surface area contributed by atoms with Crippen molar-refractivity contribution in [1.29, 1.82) is 5.26 Å². The van der Waals surface area contributed by atoms with E-state index in [0.717, 1.165) is 24.2 Å². The number of hydrogen-bond donors (Lipinski definition) is 1. The smallest absolute Gasteiger partial charge is 0.336 e.